The van der Waals surface area contributed by atoms with Gasteiger partial charge < -0.3 is 10.4 Å². The normalized spacial score (nSPS) is 23.1. The molecule has 0 spiro atoms. The summed E-state index contributed by atoms with van der Waals surface area (Å²) in [5, 5.41) is 16.8. The summed E-state index contributed by atoms with van der Waals surface area (Å²) in [5.41, 5.74) is 4.85. The number of hydrogen-bond donors (Lipinski definition) is 3. The molecule has 1 saturated carbocycles. The fraction of sp³-hybridized carbons (Fsp3) is 0.375. The highest BCUT2D eigenvalue weighted by Gasteiger charge is 2.33. The molecule has 0 bridgehead atoms. The lowest BCUT2D eigenvalue weighted by Gasteiger charge is -2.18. The van der Waals surface area contributed by atoms with E-state index in [-0.39, 0.29) is 12.1 Å². The Kier molecular flexibility index (Phi) is 3.35. The van der Waals surface area contributed by atoms with Crippen LogP contribution in [0.25, 0.3) is 0 Å². The van der Waals surface area contributed by atoms with E-state index in [1.165, 1.54) is 11.3 Å². The van der Waals surface area contributed by atoms with Crippen LogP contribution >= 0.6 is 11.3 Å². The molecule has 3 N–H and O–H groups in total. The Bertz CT molecular complexity index is 711. The first-order chi connectivity index (χ1) is 10.7. The zero-order chi connectivity index (χ0) is 15.1. The maximum absolute atomic E-state index is 12.3. The number of nitrogens with one attached hydrogen (secondary N) is 2. The van der Waals surface area contributed by atoms with Crippen LogP contribution in [0.5, 0.6) is 0 Å². The molecule has 2 aliphatic rings. The number of nitrogens with zero attached hydrogens (tertiary/aromatic N) is 1. The van der Waals surface area contributed by atoms with Gasteiger partial charge >= 0.3 is 6.03 Å². The number of aliphatic hydroxyl groups is 1. The number of hydrogen-bond acceptors (Lipinski definition) is 4. The van der Waals surface area contributed by atoms with Gasteiger partial charge in [-0.15, -0.1) is 11.3 Å². The van der Waals surface area contributed by atoms with Gasteiger partial charge in [-0.2, -0.15) is 0 Å². The van der Waals surface area contributed by atoms with Crippen LogP contribution in [0.3, 0.4) is 0 Å². The number of carbonyl (C=O) groups is 1. The van der Waals surface area contributed by atoms with Crippen LogP contribution in [0.2, 0.25) is 0 Å². The third-order valence-corrected chi connectivity index (χ3v) is 5.03. The van der Waals surface area contributed by atoms with Crippen molar-refractivity contribution >= 4 is 22.4 Å². The molecule has 0 radical (unpaired) electrons. The number of thiazole rings is 1. The fourth-order valence-electron chi connectivity index (χ4n) is 3.02. The third-order valence-electron chi connectivity index (χ3n) is 4.28. The number of benzene rings is 1. The van der Waals surface area contributed by atoms with Crippen molar-refractivity contribution in [2.45, 2.75) is 37.3 Å². The molecule has 5 nitrogen and oxygen atoms in total. The maximum atomic E-state index is 12.3. The fourth-order valence-corrected chi connectivity index (χ4v) is 3.79. The minimum Gasteiger partial charge on any atom is -0.390 e. The van der Waals surface area contributed by atoms with Crippen molar-refractivity contribution in [1.82, 2.24) is 10.3 Å². The Morgan fingerprint density at radius 3 is 2.95 bits per heavy atom. The van der Waals surface area contributed by atoms with E-state index >= 15 is 0 Å². The van der Waals surface area contributed by atoms with E-state index in [9.17, 15) is 9.90 Å². The van der Waals surface area contributed by atoms with Crippen molar-refractivity contribution < 1.29 is 9.90 Å². The highest BCUT2D eigenvalue weighted by atomic mass is 32.1. The molecule has 114 valence electrons. The molecular formula is C16H17N3O2S. The number of aliphatic hydroxyl groups excluding tert-OH is 1. The number of fused-ring (bicyclic) bond motifs is 1. The van der Waals surface area contributed by atoms with E-state index in [1.54, 1.807) is 5.51 Å². The Hall–Kier alpha value is -1.92. The monoisotopic (exact) mass is 315 g/mol. The first-order valence-corrected chi connectivity index (χ1v) is 8.37. The molecule has 2 aliphatic carbocycles. The minimum absolute atomic E-state index is 0.285. The van der Waals surface area contributed by atoms with E-state index in [2.05, 4.69) is 15.6 Å². The molecule has 0 aliphatic heterocycles. The SMILES string of the molecule is O=C(Nc1scnc1C1CC1)N[C@@H]1c2ccccc2C[C@@H]1O. The third kappa shape index (κ3) is 2.48. The van der Waals surface area contributed by atoms with Gasteiger partial charge in [0, 0.05) is 12.3 Å². The second-order valence-corrected chi connectivity index (χ2v) is 6.74. The van der Waals surface area contributed by atoms with Crippen LogP contribution in [0, 0.1) is 0 Å². The minimum atomic E-state index is -0.576. The second-order valence-electron chi connectivity index (χ2n) is 5.89. The predicted octanol–water partition coefficient (Wildman–Crippen LogP) is 2.80. The van der Waals surface area contributed by atoms with Crippen LogP contribution in [-0.4, -0.2) is 22.2 Å². The molecule has 4 rings (SSSR count). The van der Waals surface area contributed by atoms with Crippen LogP contribution in [0.15, 0.2) is 29.8 Å². The summed E-state index contributed by atoms with van der Waals surface area (Å²) in [4.78, 5) is 16.6. The highest BCUT2D eigenvalue weighted by Crippen LogP contribution is 2.43. The zero-order valence-corrected chi connectivity index (χ0v) is 12.8. The zero-order valence-electron chi connectivity index (χ0n) is 12.0. The van der Waals surface area contributed by atoms with Gasteiger partial charge in [-0.1, -0.05) is 24.3 Å². The molecule has 2 amide bonds. The van der Waals surface area contributed by atoms with Crippen molar-refractivity contribution in [3.05, 3.63) is 46.6 Å². The summed E-state index contributed by atoms with van der Waals surface area (Å²) in [6, 6.07) is 7.19. The average Bonchev–Trinajstić information content (AvgIpc) is 3.17. The summed E-state index contributed by atoms with van der Waals surface area (Å²) >= 11 is 1.44. The molecule has 0 saturated heterocycles. The molecule has 1 aromatic heterocycles. The Balaban J connectivity index is 1.47. The van der Waals surface area contributed by atoms with Gasteiger partial charge in [-0.05, 0) is 24.0 Å². The van der Waals surface area contributed by atoms with E-state index in [0.29, 0.717) is 12.3 Å². The molecule has 1 fully saturated rings. The Morgan fingerprint density at radius 1 is 1.32 bits per heavy atom. The van der Waals surface area contributed by atoms with Crippen molar-refractivity contribution in [2.24, 2.45) is 0 Å². The van der Waals surface area contributed by atoms with Crippen molar-refractivity contribution in [1.29, 1.82) is 0 Å². The molecule has 6 heteroatoms. The van der Waals surface area contributed by atoms with Crippen LogP contribution < -0.4 is 10.6 Å². The van der Waals surface area contributed by atoms with Crippen molar-refractivity contribution in [2.75, 3.05) is 5.32 Å². The van der Waals surface area contributed by atoms with Crippen molar-refractivity contribution in [3.63, 3.8) is 0 Å². The Morgan fingerprint density at radius 2 is 2.14 bits per heavy atom. The molecule has 1 aromatic carbocycles. The molecule has 1 heterocycles. The number of amides is 2. The van der Waals surface area contributed by atoms with E-state index in [4.69, 9.17) is 0 Å². The lowest BCUT2D eigenvalue weighted by molar-refractivity contribution is 0.144. The first kappa shape index (κ1) is 13.7. The number of rotatable bonds is 3. The molecule has 2 aromatic rings. The second kappa shape index (κ2) is 5.37. The summed E-state index contributed by atoms with van der Waals surface area (Å²) < 4.78 is 0. The number of anilines is 1. The van der Waals surface area contributed by atoms with Crippen molar-refractivity contribution in [3.8, 4) is 0 Å². The molecule has 2 atom stereocenters. The smallest absolute Gasteiger partial charge is 0.320 e. The van der Waals surface area contributed by atoms with Crippen LogP contribution in [-0.2, 0) is 6.42 Å². The van der Waals surface area contributed by atoms with Gasteiger partial charge in [0.1, 0.15) is 5.00 Å². The van der Waals surface area contributed by atoms with Gasteiger partial charge in [0.2, 0.25) is 0 Å². The lowest BCUT2D eigenvalue weighted by atomic mass is 10.1. The molecule has 0 unspecified atom stereocenters. The van der Waals surface area contributed by atoms with Crippen LogP contribution in [0.1, 0.15) is 41.6 Å². The Labute approximate surface area is 132 Å². The maximum Gasteiger partial charge on any atom is 0.320 e. The molecular weight excluding hydrogens is 298 g/mol. The van der Waals surface area contributed by atoms with Gasteiger partial charge in [-0.3, -0.25) is 5.32 Å². The summed E-state index contributed by atoms with van der Waals surface area (Å²) in [7, 11) is 0. The summed E-state index contributed by atoms with van der Waals surface area (Å²) in [6.07, 6.45) is 2.30. The van der Waals surface area contributed by atoms with E-state index < -0.39 is 6.10 Å². The first-order valence-electron chi connectivity index (χ1n) is 7.49. The largest absolute Gasteiger partial charge is 0.390 e. The lowest BCUT2D eigenvalue weighted by Crippen LogP contribution is -2.36. The van der Waals surface area contributed by atoms with Gasteiger partial charge in [0.05, 0.1) is 23.4 Å². The van der Waals surface area contributed by atoms with Crippen LogP contribution in [0.4, 0.5) is 9.80 Å². The highest BCUT2D eigenvalue weighted by molar-refractivity contribution is 7.14. The topological polar surface area (TPSA) is 74.2 Å². The predicted molar refractivity (Wildman–Crippen MR) is 85.1 cm³/mol. The number of urea groups is 1. The standard InChI is InChI=1S/C16H17N3O2S/c20-12-7-10-3-1-2-4-11(10)14(12)18-16(21)19-15-13(9-5-6-9)17-8-22-15/h1-4,8-9,12,14,20H,5-7H2,(H2,18,19,21)/t12-,14+/m0/s1. The average molecular weight is 315 g/mol. The van der Waals surface area contributed by atoms with E-state index in [1.807, 2.05) is 24.3 Å². The van der Waals surface area contributed by atoms with Gasteiger partial charge in [-0.25, -0.2) is 9.78 Å². The van der Waals surface area contributed by atoms with E-state index in [0.717, 1.165) is 34.7 Å². The molecule has 22 heavy (non-hydrogen) atoms. The summed E-state index contributed by atoms with van der Waals surface area (Å²) in [5.74, 6) is 0.499. The summed E-state index contributed by atoms with van der Waals surface area (Å²) in [6.45, 7) is 0. The quantitative estimate of drug-likeness (QED) is 0.815. The number of aromatic nitrogens is 1. The van der Waals surface area contributed by atoms with Gasteiger partial charge in [0.25, 0.3) is 0 Å². The number of carbonyl (C=O) groups excluding carboxylic acids is 1. The van der Waals surface area contributed by atoms with Gasteiger partial charge in [0.15, 0.2) is 0 Å².